The molecule has 0 aromatic heterocycles. The Hall–Kier alpha value is -1.35. The molecule has 1 amide bonds. The molecule has 116 valence electrons. The minimum Gasteiger partial charge on any atom is -0.381 e. The first-order valence-electron chi connectivity index (χ1n) is 8.10. The average Bonchev–Trinajstić information content (AvgIpc) is 2.52. The number of hydrogen-bond acceptors (Lipinski definition) is 2. The van der Waals surface area contributed by atoms with E-state index in [1.165, 1.54) is 17.5 Å². The average molecular weight is 289 g/mol. The summed E-state index contributed by atoms with van der Waals surface area (Å²) < 4.78 is 5.50. The van der Waals surface area contributed by atoms with Gasteiger partial charge in [0.2, 0.25) is 5.91 Å². The predicted octanol–water partition coefficient (Wildman–Crippen LogP) is 3.20. The predicted molar refractivity (Wildman–Crippen MR) is 85.3 cm³/mol. The minimum atomic E-state index is 0.289. The molecule has 0 bridgehead atoms. The second-order valence-corrected chi connectivity index (χ2v) is 5.99. The van der Waals surface area contributed by atoms with Crippen molar-refractivity contribution in [2.24, 2.45) is 5.92 Å². The molecule has 1 fully saturated rings. The minimum absolute atomic E-state index is 0.289. The molecule has 1 saturated heterocycles. The number of hydrogen-bond donors (Lipinski definition) is 0. The lowest BCUT2D eigenvalue weighted by atomic mass is 9.98. The van der Waals surface area contributed by atoms with Crippen molar-refractivity contribution in [1.82, 2.24) is 4.90 Å². The van der Waals surface area contributed by atoms with E-state index in [4.69, 9.17) is 4.74 Å². The van der Waals surface area contributed by atoms with Crippen molar-refractivity contribution in [2.45, 2.75) is 39.5 Å². The van der Waals surface area contributed by atoms with Crippen LogP contribution in [0.15, 0.2) is 24.3 Å². The molecule has 2 rings (SSSR count). The van der Waals surface area contributed by atoms with E-state index in [0.717, 1.165) is 39.1 Å². The lowest BCUT2D eigenvalue weighted by molar-refractivity contribution is -0.133. The zero-order chi connectivity index (χ0) is 15.1. The summed E-state index contributed by atoms with van der Waals surface area (Å²) in [5.41, 5.74) is 2.51. The van der Waals surface area contributed by atoms with Crippen LogP contribution >= 0.6 is 0 Å². The first-order valence-corrected chi connectivity index (χ1v) is 8.10. The molecule has 1 unspecified atom stereocenters. The Morgan fingerprint density at radius 2 is 2.10 bits per heavy atom. The van der Waals surface area contributed by atoms with E-state index in [1.807, 2.05) is 11.8 Å². The fourth-order valence-corrected chi connectivity index (χ4v) is 2.88. The highest BCUT2D eigenvalue weighted by atomic mass is 16.5. The summed E-state index contributed by atoms with van der Waals surface area (Å²) in [6, 6.07) is 8.46. The molecule has 0 spiro atoms. The van der Waals surface area contributed by atoms with E-state index < -0.39 is 0 Å². The van der Waals surface area contributed by atoms with E-state index in [9.17, 15) is 4.79 Å². The molecule has 0 aliphatic carbocycles. The van der Waals surface area contributed by atoms with Crippen LogP contribution in [0.2, 0.25) is 0 Å². The van der Waals surface area contributed by atoms with Gasteiger partial charge < -0.3 is 9.64 Å². The largest absolute Gasteiger partial charge is 0.381 e. The number of rotatable bonds is 6. The monoisotopic (exact) mass is 289 g/mol. The number of piperidine rings is 1. The number of ether oxygens (including phenoxy) is 1. The van der Waals surface area contributed by atoms with Crippen molar-refractivity contribution < 1.29 is 9.53 Å². The van der Waals surface area contributed by atoms with Gasteiger partial charge in [0.15, 0.2) is 0 Å². The number of carbonyl (C=O) groups is 1. The highest BCUT2D eigenvalue weighted by Gasteiger charge is 2.23. The Morgan fingerprint density at radius 1 is 1.33 bits per heavy atom. The van der Waals surface area contributed by atoms with Crippen LogP contribution in [0.3, 0.4) is 0 Å². The van der Waals surface area contributed by atoms with Gasteiger partial charge in [-0.05, 0) is 44.6 Å². The second-order valence-electron chi connectivity index (χ2n) is 5.99. The van der Waals surface area contributed by atoms with Crippen LogP contribution in [-0.2, 0) is 16.0 Å². The highest BCUT2D eigenvalue weighted by molar-refractivity contribution is 5.76. The molecule has 0 radical (unpaired) electrons. The third-order valence-corrected chi connectivity index (χ3v) is 4.18. The number of aryl methyl sites for hydroxylation is 2. The van der Waals surface area contributed by atoms with Gasteiger partial charge in [-0.2, -0.15) is 0 Å². The van der Waals surface area contributed by atoms with E-state index in [1.54, 1.807) is 0 Å². The fraction of sp³-hybridized carbons (Fsp3) is 0.611. The molecule has 3 nitrogen and oxygen atoms in total. The van der Waals surface area contributed by atoms with Gasteiger partial charge in [0.25, 0.3) is 0 Å². The van der Waals surface area contributed by atoms with Gasteiger partial charge in [0, 0.05) is 26.1 Å². The molecule has 1 aromatic rings. The van der Waals surface area contributed by atoms with Gasteiger partial charge in [-0.25, -0.2) is 0 Å². The van der Waals surface area contributed by atoms with E-state index in [2.05, 4.69) is 31.2 Å². The molecular formula is C18H27NO2. The number of likely N-dealkylation sites (tertiary alicyclic amines) is 1. The zero-order valence-electron chi connectivity index (χ0n) is 13.3. The van der Waals surface area contributed by atoms with Crippen molar-refractivity contribution in [3.63, 3.8) is 0 Å². The Labute approximate surface area is 128 Å². The van der Waals surface area contributed by atoms with Crippen LogP contribution in [-0.4, -0.2) is 37.1 Å². The maximum absolute atomic E-state index is 12.3. The van der Waals surface area contributed by atoms with Gasteiger partial charge in [-0.15, -0.1) is 0 Å². The molecule has 0 N–H and O–H groups in total. The Bertz CT molecular complexity index is 441. The molecule has 1 aliphatic heterocycles. The third kappa shape index (κ3) is 5.16. The molecule has 3 heteroatoms. The SMILES string of the molecule is CCOCC1CCCN(C(=O)CCc2ccc(C)cc2)C1. The van der Waals surface area contributed by atoms with E-state index in [-0.39, 0.29) is 5.91 Å². The smallest absolute Gasteiger partial charge is 0.222 e. The van der Waals surface area contributed by atoms with Crippen molar-refractivity contribution in [2.75, 3.05) is 26.3 Å². The van der Waals surface area contributed by atoms with E-state index >= 15 is 0 Å². The van der Waals surface area contributed by atoms with Crippen LogP contribution in [0.25, 0.3) is 0 Å². The maximum atomic E-state index is 12.3. The normalized spacial score (nSPS) is 18.8. The summed E-state index contributed by atoms with van der Waals surface area (Å²) >= 11 is 0. The standard InChI is InChI=1S/C18H27NO2/c1-3-21-14-17-5-4-12-19(13-17)18(20)11-10-16-8-6-15(2)7-9-16/h6-9,17H,3-5,10-14H2,1-2H3. The van der Waals surface area contributed by atoms with Crippen LogP contribution < -0.4 is 0 Å². The van der Waals surface area contributed by atoms with Gasteiger partial charge in [-0.1, -0.05) is 29.8 Å². The topological polar surface area (TPSA) is 29.5 Å². The summed E-state index contributed by atoms with van der Waals surface area (Å²) in [7, 11) is 0. The van der Waals surface area contributed by atoms with Crippen molar-refractivity contribution in [3.05, 3.63) is 35.4 Å². The summed E-state index contributed by atoms with van der Waals surface area (Å²) in [6.45, 7) is 7.44. The molecule has 1 aliphatic rings. The van der Waals surface area contributed by atoms with Gasteiger partial charge in [-0.3, -0.25) is 4.79 Å². The van der Waals surface area contributed by atoms with Crippen LogP contribution in [0.4, 0.5) is 0 Å². The summed E-state index contributed by atoms with van der Waals surface area (Å²) in [4.78, 5) is 14.4. The summed E-state index contributed by atoms with van der Waals surface area (Å²) in [5.74, 6) is 0.804. The summed E-state index contributed by atoms with van der Waals surface area (Å²) in [5, 5.41) is 0. The number of benzene rings is 1. The molecule has 21 heavy (non-hydrogen) atoms. The Kier molecular flexibility index (Phi) is 6.24. The lowest BCUT2D eigenvalue weighted by Gasteiger charge is -2.32. The molecular weight excluding hydrogens is 262 g/mol. The van der Waals surface area contributed by atoms with Crippen molar-refractivity contribution in [3.8, 4) is 0 Å². The van der Waals surface area contributed by atoms with Gasteiger partial charge in [0.1, 0.15) is 0 Å². The molecule has 1 atom stereocenters. The third-order valence-electron chi connectivity index (χ3n) is 4.18. The highest BCUT2D eigenvalue weighted by Crippen LogP contribution is 2.18. The number of amides is 1. The molecule has 1 heterocycles. The first kappa shape index (κ1) is 16.0. The van der Waals surface area contributed by atoms with E-state index in [0.29, 0.717) is 12.3 Å². The Morgan fingerprint density at radius 3 is 2.81 bits per heavy atom. The van der Waals surface area contributed by atoms with Crippen molar-refractivity contribution >= 4 is 5.91 Å². The maximum Gasteiger partial charge on any atom is 0.222 e. The fourth-order valence-electron chi connectivity index (χ4n) is 2.88. The van der Waals surface area contributed by atoms with Crippen LogP contribution in [0, 0.1) is 12.8 Å². The van der Waals surface area contributed by atoms with Crippen molar-refractivity contribution in [1.29, 1.82) is 0 Å². The zero-order valence-corrected chi connectivity index (χ0v) is 13.3. The van der Waals surface area contributed by atoms with Crippen LogP contribution in [0.1, 0.15) is 37.3 Å². The summed E-state index contributed by atoms with van der Waals surface area (Å²) in [6.07, 6.45) is 3.74. The van der Waals surface area contributed by atoms with Gasteiger partial charge in [0.05, 0.1) is 6.61 Å². The molecule has 1 aromatic carbocycles. The first-order chi connectivity index (χ1) is 10.2. The number of nitrogens with zero attached hydrogens (tertiary/aromatic N) is 1. The second kappa shape index (κ2) is 8.18. The molecule has 0 saturated carbocycles. The lowest BCUT2D eigenvalue weighted by Crippen LogP contribution is -2.41. The quantitative estimate of drug-likeness (QED) is 0.805. The van der Waals surface area contributed by atoms with Gasteiger partial charge >= 0.3 is 0 Å². The Balaban J connectivity index is 1.78. The number of carbonyl (C=O) groups excluding carboxylic acids is 1. The van der Waals surface area contributed by atoms with Crippen LogP contribution in [0.5, 0.6) is 0 Å².